The molecule has 2 aliphatic rings. The molecule has 2 aromatic carbocycles. The van der Waals surface area contributed by atoms with E-state index in [1.54, 1.807) is 0 Å². The summed E-state index contributed by atoms with van der Waals surface area (Å²) >= 11 is 0. The molecular weight excluding hydrogens is 552 g/mol. The standard InChI is InChI=1S/C26H28O15/c27-8-26(36)9-38-25(23(26)35)37-7-15-17(31)19(33)20(34)24(40-15)41-22-18(32)16-13(30)5-12(29)6-14(16)39-21(22)10-1-3-11(28)4-2-10/h1-6,15,17,19-20,23-25,27-31,33-36H,7-9H2/t15-,17+,19+,20+,23-,24+,25+,26-/m0/s1. The summed E-state index contributed by atoms with van der Waals surface area (Å²) in [7, 11) is 0. The van der Waals surface area contributed by atoms with Gasteiger partial charge in [0, 0.05) is 17.7 Å². The van der Waals surface area contributed by atoms with Gasteiger partial charge in [-0.1, -0.05) is 0 Å². The van der Waals surface area contributed by atoms with Crippen LogP contribution in [-0.4, -0.2) is 114 Å². The predicted octanol–water partition coefficient (Wildman–Crippen LogP) is -1.78. The Labute approximate surface area is 230 Å². The number of aromatic hydroxyl groups is 3. The van der Waals surface area contributed by atoms with Gasteiger partial charge in [0.1, 0.15) is 64.3 Å². The van der Waals surface area contributed by atoms with Gasteiger partial charge in [-0.25, -0.2) is 0 Å². The van der Waals surface area contributed by atoms with Gasteiger partial charge in [0.2, 0.25) is 17.5 Å². The van der Waals surface area contributed by atoms with Crippen LogP contribution in [0.2, 0.25) is 0 Å². The minimum absolute atomic E-state index is 0.102. The monoisotopic (exact) mass is 580 g/mol. The van der Waals surface area contributed by atoms with Crippen LogP contribution in [0.25, 0.3) is 22.3 Å². The molecule has 3 aromatic rings. The van der Waals surface area contributed by atoms with Crippen LogP contribution in [-0.2, 0) is 14.2 Å². The molecule has 0 radical (unpaired) electrons. The number of phenols is 3. The van der Waals surface area contributed by atoms with Crippen molar-refractivity contribution in [2.75, 3.05) is 19.8 Å². The van der Waals surface area contributed by atoms with E-state index in [-0.39, 0.29) is 28.0 Å². The van der Waals surface area contributed by atoms with Crippen molar-refractivity contribution in [3.05, 3.63) is 46.6 Å². The Morgan fingerprint density at radius 1 is 0.927 bits per heavy atom. The summed E-state index contributed by atoms with van der Waals surface area (Å²) in [5.41, 5.74) is -2.93. The number of aliphatic hydroxyl groups is 6. The molecule has 3 heterocycles. The van der Waals surface area contributed by atoms with Gasteiger partial charge in [0.05, 0.1) is 19.8 Å². The van der Waals surface area contributed by atoms with E-state index in [9.17, 15) is 50.8 Å². The van der Waals surface area contributed by atoms with Crippen molar-refractivity contribution in [2.45, 2.75) is 48.7 Å². The molecule has 2 aliphatic heterocycles. The van der Waals surface area contributed by atoms with E-state index < -0.39 is 91.2 Å². The number of fused-ring (bicyclic) bond motifs is 1. The predicted molar refractivity (Wildman–Crippen MR) is 134 cm³/mol. The Bertz CT molecular complexity index is 1460. The molecule has 5 rings (SSSR count). The lowest BCUT2D eigenvalue weighted by Crippen LogP contribution is -2.60. The molecule has 2 saturated heterocycles. The highest BCUT2D eigenvalue weighted by Crippen LogP contribution is 2.37. The van der Waals surface area contributed by atoms with E-state index in [2.05, 4.69) is 0 Å². The second-order valence-electron chi connectivity index (χ2n) is 9.83. The molecule has 15 nitrogen and oxygen atoms in total. The Kier molecular flexibility index (Phi) is 7.82. The van der Waals surface area contributed by atoms with Crippen LogP contribution in [0.3, 0.4) is 0 Å². The third kappa shape index (κ3) is 5.30. The highest BCUT2D eigenvalue weighted by molar-refractivity contribution is 5.88. The third-order valence-corrected chi connectivity index (χ3v) is 6.95. The minimum Gasteiger partial charge on any atom is -0.508 e. The maximum absolute atomic E-state index is 13.5. The number of ether oxygens (including phenoxy) is 4. The summed E-state index contributed by atoms with van der Waals surface area (Å²) in [6.07, 6.45) is -11.9. The second-order valence-corrected chi connectivity index (χ2v) is 9.83. The number of hydrogen-bond donors (Lipinski definition) is 9. The highest BCUT2D eigenvalue weighted by atomic mass is 16.7. The van der Waals surface area contributed by atoms with Crippen molar-refractivity contribution < 1.29 is 69.3 Å². The molecule has 0 spiro atoms. The van der Waals surface area contributed by atoms with E-state index in [4.69, 9.17) is 23.4 Å². The van der Waals surface area contributed by atoms with E-state index in [0.717, 1.165) is 12.1 Å². The smallest absolute Gasteiger partial charge is 0.239 e. The molecule has 9 N–H and O–H groups in total. The molecule has 15 heteroatoms. The van der Waals surface area contributed by atoms with Crippen molar-refractivity contribution >= 4 is 11.0 Å². The van der Waals surface area contributed by atoms with Crippen LogP contribution in [0.15, 0.2) is 45.6 Å². The SMILES string of the molecule is O=c1c(O[C@H]2O[C@@H](CO[C@@H]3OC[C@@](O)(CO)[C@H]3O)[C@@H](O)[C@@H](O)[C@H]2O)c(-c2ccc(O)cc2)oc2cc(O)cc(O)c12. The lowest BCUT2D eigenvalue weighted by atomic mass is 9.99. The second kappa shape index (κ2) is 11.1. The van der Waals surface area contributed by atoms with Crippen molar-refractivity contribution in [2.24, 2.45) is 0 Å². The van der Waals surface area contributed by atoms with E-state index >= 15 is 0 Å². The highest BCUT2D eigenvalue weighted by Gasteiger charge is 2.50. The quantitative estimate of drug-likeness (QED) is 0.150. The zero-order valence-corrected chi connectivity index (χ0v) is 21.1. The van der Waals surface area contributed by atoms with Crippen molar-refractivity contribution in [1.29, 1.82) is 0 Å². The third-order valence-electron chi connectivity index (χ3n) is 6.95. The largest absolute Gasteiger partial charge is 0.508 e. The maximum Gasteiger partial charge on any atom is 0.239 e. The summed E-state index contributed by atoms with van der Waals surface area (Å²) in [5.74, 6) is -1.97. The first-order chi connectivity index (χ1) is 19.4. The van der Waals surface area contributed by atoms with Crippen molar-refractivity contribution in [3.8, 4) is 34.3 Å². The molecule has 0 amide bonds. The fourth-order valence-corrected chi connectivity index (χ4v) is 4.57. The molecule has 8 atom stereocenters. The number of benzene rings is 2. The molecule has 1 aromatic heterocycles. The molecular formula is C26H28O15. The lowest BCUT2D eigenvalue weighted by molar-refractivity contribution is -0.289. The van der Waals surface area contributed by atoms with Crippen molar-refractivity contribution in [1.82, 2.24) is 0 Å². The first-order valence-electron chi connectivity index (χ1n) is 12.4. The first-order valence-corrected chi connectivity index (χ1v) is 12.4. The zero-order chi connectivity index (χ0) is 29.6. The molecule has 0 saturated carbocycles. The number of rotatable bonds is 7. The molecule has 2 fully saturated rings. The van der Waals surface area contributed by atoms with Gasteiger partial charge >= 0.3 is 0 Å². The first kappa shape index (κ1) is 29.0. The van der Waals surface area contributed by atoms with Gasteiger partial charge in [-0.05, 0) is 24.3 Å². The lowest BCUT2D eigenvalue weighted by Gasteiger charge is -2.40. The molecule has 0 unspecified atom stereocenters. The van der Waals surface area contributed by atoms with Gasteiger partial charge in [0.25, 0.3) is 0 Å². The minimum atomic E-state index is -1.98. The zero-order valence-electron chi connectivity index (χ0n) is 21.1. The van der Waals surface area contributed by atoms with Crippen LogP contribution in [0.1, 0.15) is 0 Å². The molecule has 0 aliphatic carbocycles. The Hall–Kier alpha value is -3.51. The Morgan fingerprint density at radius 2 is 1.63 bits per heavy atom. The Balaban J connectivity index is 1.47. The normalized spacial score (nSPS) is 31.9. The number of aliphatic hydroxyl groups excluding tert-OH is 5. The average molecular weight is 580 g/mol. The van der Waals surface area contributed by atoms with Crippen LogP contribution in [0, 0.1) is 0 Å². The molecule has 41 heavy (non-hydrogen) atoms. The fourth-order valence-electron chi connectivity index (χ4n) is 4.57. The number of hydrogen-bond acceptors (Lipinski definition) is 15. The number of phenolic OH excluding ortho intramolecular Hbond substituents is 3. The summed E-state index contributed by atoms with van der Waals surface area (Å²) in [6.45, 7) is -1.82. The summed E-state index contributed by atoms with van der Waals surface area (Å²) in [6, 6.07) is 7.33. The van der Waals surface area contributed by atoms with E-state index in [0.29, 0.717) is 0 Å². The molecule has 222 valence electrons. The van der Waals surface area contributed by atoms with Gasteiger partial charge in [-0.2, -0.15) is 0 Å². The summed E-state index contributed by atoms with van der Waals surface area (Å²) in [4.78, 5) is 13.5. The van der Waals surface area contributed by atoms with Gasteiger partial charge in [-0.15, -0.1) is 0 Å². The fraction of sp³-hybridized carbons (Fsp3) is 0.423. The maximum atomic E-state index is 13.5. The molecule has 0 bridgehead atoms. The summed E-state index contributed by atoms with van der Waals surface area (Å²) in [5, 5.41) is 90.7. The van der Waals surface area contributed by atoms with Crippen LogP contribution in [0.5, 0.6) is 23.0 Å². The summed E-state index contributed by atoms with van der Waals surface area (Å²) < 4.78 is 27.6. The van der Waals surface area contributed by atoms with Gasteiger partial charge in [0.15, 0.2) is 12.1 Å². The van der Waals surface area contributed by atoms with Crippen LogP contribution in [0.4, 0.5) is 0 Å². The topological polar surface area (TPSA) is 249 Å². The average Bonchev–Trinajstić information content (AvgIpc) is 3.23. The van der Waals surface area contributed by atoms with E-state index in [1.807, 2.05) is 0 Å². The Morgan fingerprint density at radius 3 is 2.29 bits per heavy atom. The van der Waals surface area contributed by atoms with Gasteiger partial charge in [-0.3, -0.25) is 4.79 Å². The van der Waals surface area contributed by atoms with Gasteiger partial charge < -0.3 is 69.3 Å². The van der Waals surface area contributed by atoms with Crippen LogP contribution >= 0.6 is 0 Å². The van der Waals surface area contributed by atoms with E-state index in [1.165, 1.54) is 24.3 Å². The van der Waals surface area contributed by atoms with Crippen molar-refractivity contribution in [3.63, 3.8) is 0 Å². The van der Waals surface area contributed by atoms with Crippen LogP contribution < -0.4 is 10.2 Å².